The van der Waals surface area contributed by atoms with Crippen LogP contribution in [0, 0.1) is 12.7 Å². The summed E-state index contributed by atoms with van der Waals surface area (Å²) >= 11 is 0. The molecule has 0 spiro atoms. The van der Waals surface area contributed by atoms with Gasteiger partial charge in [-0.15, -0.1) is 12.4 Å². The predicted octanol–water partition coefficient (Wildman–Crippen LogP) is 4.93. The highest BCUT2D eigenvalue weighted by atomic mass is 35.5. The van der Waals surface area contributed by atoms with E-state index in [4.69, 9.17) is 0 Å². The SMILES string of the molecule is CNc1cn(S(=O)(=O)c2cccnc2)c2cc(Nc3ccc(C)cc3F)ccc12.Cl. The molecule has 6 nitrogen and oxygen atoms in total. The first-order chi connectivity index (χ1) is 13.9. The Morgan fingerprint density at radius 3 is 2.53 bits per heavy atom. The van der Waals surface area contributed by atoms with E-state index in [1.165, 1.54) is 34.7 Å². The number of hydrogen-bond donors (Lipinski definition) is 2. The van der Waals surface area contributed by atoms with Crippen LogP contribution in [-0.4, -0.2) is 24.4 Å². The third kappa shape index (κ3) is 3.83. The first-order valence-corrected chi connectivity index (χ1v) is 10.4. The maximum absolute atomic E-state index is 14.2. The number of benzene rings is 2. The molecule has 0 saturated carbocycles. The number of aryl methyl sites for hydroxylation is 1. The minimum atomic E-state index is -3.85. The van der Waals surface area contributed by atoms with E-state index >= 15 is 0 Å². The van der Waals surface area contributed by atoms with E-state index in [0.717, 1.165) is 10.9 Å². The van der Waals surface area contributed by atoms with Gasteiger partial charge in [0, 0.05) is 36.7 Å². The number of rotatable bonds is 5. The van der Waals surface area contributed by atoms with Gasteiger partial charge in [-0.25, -0.2) is 16.8 Å². The Balaban J connectivity index is 0.00000256. The van der Waals surface area contributed by atoms with Crippen molar-refractivity contribution in [1.82, 2.24) is 8.96 Å². The van der Waals surface area contributed by atoms with Crippen LogP contribution in [0.2, 0.25) is 0 Å². The molecule has 0 amide bonds. The maximum atomic E-state index is 14.2. The molecule has 0 aliphatic rings. The molecule has 4 aromatic rings. The van der Waals surface area contributed by atoms with Crippen LogP contribution in [0.1, 0.15) is 5.56 Å². The summed E-state index contributed by atoms with van der Waals surface area (Å²) in [5, 5.41) is 6.77. The second-order valence-corrected chi connectivity index (χ2v) is 8.44. The van der Waals surface area contributed by atoms with Crippen LogP contribution in [-0.2, 0) is 10.0 Å². The minimum absolute atomic E-state index is 0. The molecule has 4 rings (SSSR count). The Kier molecular flexibility index (Phi) is 6.00. The molecule has 2 aromatic carbocycles. The van der Waals surface area contributed by atoms with Crippen molar-refractivity contribution >= 4 is 50.4 Å². The molecular weight excluding hydrogens is 427 g/mol. The fourth-order valence-electron chi connectivity index (χ4n) is 3.16. The molecule has 0 unspecified atom stereocenters. The van der Waals surface area contributed by atoms with E-state index in [-0.39, 0.29) is 23.1 Å². The van der Waals surface area contributed by atoms with Gasteiger partial charge in [0.05, 0.1) is 16.9 Å². The molecule has 9 heteroatoms. The topological polar surface area (TPSA) is 76.0 Å². The lowest BCUT2D eigenvalue weighted by molar-refractivity contribution is 0.588. The van der Waals surface area contributed by atoms with Gasteiger partial charge in [-0.2, -0.15) is 0 Å². The fraction of sp³-hybridized carbons (Fsp3) is 0.0952. The summed E-state index contributed by atoms with van der Waals surface area (Å²) in [5.41, 5.74) is 2.84. The van der Waals surface area contributed by atoms with Crippen LogP contribution in [0.3, 0.4) is 0 Å². The lowest BCUT2D eigenvalue weighted by Crippen LogP contribution is -2.12. The van der Waals surface area contributed by atoms with Crippen molar-refractivity contribution in [3.63, 3.8) is 0 Å². The van der Waals surface area contributed by atoms with Crippen molar-refractivity contribution in [1.29, 1.82) is 0 Å². The molecule has 2 N–H and O–H groups in total. The van der Waals surface area contributed by atoms with Gasteiger partial charge in [-0.05, 0) is 55.0 Å². The first-order valence-electron chi connectivity index (χ1n) is 8.92. The second-order valence-electron chi connectivity index (χ2n) is 6.62. The number of pyridine rings is 1. The average Bonchev–Trinajstić information content (AvgIpc) is 3.09. The molecule has 0 aliphatic carbocycles. The van der Waals surface area contributed by atoms with Gasteiger partial charge in [0.25, 0.3) is 10.0 Å². The molecule has 2 aromatic heterocycles. The van der Waals surface area contributed by atoms with Crippen LogP contribution in [0.15, 0.2) is 72.0 Å². The second kappa shape index (κ2) is 8.33. The Bertz CT molecular complexity index is 1310. The molecule has 0 fully saturated rings. The van der Waals surface area contributed by atoms with Crippen LogP contribution >= 0.6 is 12.4 Å². The van der Waals surface area contributed by atoms with Gasteiger partial charge in [0.2, 0.25) is 0 Å². The Morgan fingerprint density at radius 1 is 1.07 bits per heavy atom. The molecule has 2 heterocycles. The molecule has 0 saturated heterocycles. The van der Waals surface area contributed by atoms with E-state index in [9.17, 15) is 12.8 Å². The summed E-state index contributed by atoms with van der Waals surface area (Å²) < 4.78 is 41.7. The van der Waals surface area contributed by atoms with Gasteiger partial charge in [0.1, 0.15) is 10.7 Å². The van der Waals surface area contributed by atoms with Crippen LogP contribution < -0.4 is 10.6 Å². The molecule has 0 atom stereocenters. The lowest BCUT2D eigenvalue weighted by atomic mass is 10.2. The Labute approximate surface area is 180 Å². The van der Waals surface area contributed by atoms with Crippen LogP contribution in [0.4, 0.5) is 21.5 Å². The summed E-state index contributed by atoms with van der Waals surface area (Å²) in [4.78, 5) is 4.00. The van der Waals surface area contributed by atoms with Crippen LogP contribution in [0.25, 0.3) is 10.9 Å². The number of anilines is 3. The first kappa shape index (κ1) is 21.6. The Hall–Kier alpha value is -3.10. The monoisotopic (exact) mass is 446 g/mol. The van der Waals surface area contributed by atoms with E-state index < -0.39 is 10.0 Å². The molecular formula is C21H20ClFN4O2S. The third-order valence-electron chi connectivity index (χ3n) is 4.64. The van der Waals surface area contributed by atoms with E-state index in [0.29, 0.717) is 22.6 Å². The zero-order valence-corrected chi connectivity index (χ0v) is 17.9. The zero-order chi connectivity index (χ0) is 20.6. The van der Waals surface area contributed by atoms with Crippen molar-refractivity contribution in [2.75, 3.05) is 17.7 Å². The highest BCUT2D eigenvalue weighted by molar-refractivity contribution is 7.90. The highest BCUT2D eigenvalue weighted by Crippen LogP contribution is 2.32. The lowest BCUT2D eigenvalue weighted by Gasteiger charge is -2.10. The Morgan fingerprint density at radius 2 is 1.87 bits per heavy atom. The fourth-order valence-corrected chi connectivity index (χ4v) is 4.49. The van der Waals surface area contributed by atoms with E-state index in [1.807, 2.05) is 6.92 Å². The van der Waals surface area contributed by atoms with Crippen molar-refractivity contribution in [2.45, 2.75) is 11.8 Å². The minimum Gasteiger partial charge on any atom is -0.386 e. The normalized spacial score (nSPS) is 11.2. The van der Waals surface area contributed by atoms with Crippen molar-refractivity contribution < 1.29 is 12.8 Å². The summed E-state index contributed by atoms with van der Waals surface area (Å²) in [6.07, 6.45) is 4.36. The van der Waals surface area contributed by atoms with E-state index in [1.54, 1.807) is 43.4 Å². The number of hydrogen-bond acceptors (Lipinski definition) is 5. The average molecular weight is 447 g/mol. The number of aromatic nitrogens is 2. The molecule has 30 heavy (non-hydrogen) atoms. The van der Waals surface area contributed by atoms with Crippen LogP contribution in [0.5, 0.6) is 0 Å². The zero-order valence-electron chi connectivity index (χ0n) is 16.3. The number of fused-ring (bicyclic) bond motifs is 1. The summed E-state index contributed by atoms with van der Waals surface area (Å²) in [7, 11) is -2.12. The molecule has 0 aliphatic heterocycles. The van der Waals surface area contributed by atoms with Gasteiger partial charge in [-0.1, -0.05) is 6.07 Å². The van der Waals surface area contributed by atoms with Crippen molar-refractivity contribution in [2.24, 2.45) is 0 Å². The maximum Gasteiger partial charge on any atom is 0.269 e. The number of nitrogens with one attached hydrogen (secondary N) is 2. The van der Waals surface area contributed by atoms with Crippen molar-refractivity contribution in [3.8, 4) is 0 Å². The molecule has 156 valence electrons. The summed E-state index contributed by atoms with van der Waals surface area (Å²) in [6.45, 7) is 1.81. The van der Waals surface area contributed by atoms with Gasteiger partial charge >= 0.3 is 0 Å². The van der Waals surface area contributed by atoms with E-state index in [2.05, 4.69) is 15.6 Å². The highest BCUT2D eigenvalue weighted by Gasteiger charge is 2.21. The number of halogens is 2. The largest absolute Gasteiger partial charge is 0.386 e. The summed E-state index contributed by atoms with van der Waals surface area (Å²) in [5.74, 6) is -0.376. The molecule has 0 bridgehead atoms. The standard InChI is InChI=1S/C21H19FN4O2S.ClH/c1-14-5-8-19(18(22)10-14)25-15-6-7-17-20(23-2)13-26(21(17)11-15)29(27,28)16-4-3-9-24-12-16;/h3-13,23,25H,1-2H3;1H. The third-order valence-corrected chi connectivity index (χ3v) is 6.29. The predicted molar refractivity (Wildman–Crippen MR) is 120 cm³/mol. The van der Waals surface area contributed by atoms with Gasteiger partial charge < -0.3 is 10.6 Å². The quantitative estimate of drug-likeness (QED) is 0.454. The van der Waals surface area contributed by atoms with Gasteiger partial charge in [0.15, 0.2) is 0 Å². The smallest absolute Gasteiger partial charge is 0.269 e. The van der Waals surface area contributed by atoms with Gasteiger partial charge in [-0.3, -0.25) is 4.98 Å². The number of nitrogens with zero attached hydrogens (tertiary/aromatic N) is 2. The van der Waals surface area contributed by atoms with Crippen molar-refractivity contribution in [3.05, 3.63) is 78.5 Å². The summed E-state index contributed by atoms with van der Waals surface area (Å²) in [6, 6.07) is 13.2. The molecule has 0 radical (unpaired) electrons.